The molecule has 1 saturated carbocycles. The second-order valence-corrected chi connectivity index (χ2v) is 10.4. The lowest BCUT2D eigenvalue weighted by atomic mass is 9.81. The molecule has 1 aromatic rings. The number of hydrogen-bond acceptors (Lipinski definition) is 6. The van der Waals surface area contributed by atoms with Gasteiger partial charge in [-0.25, -0.2) is 9.59 Å². The Labute approximate surface area is 212 Å². The van der Waals surface area contributed by atoms with Crippen molar-refractivity contribution in [1.82, 2.24) is 16.0 Å². The Morgan fingerprint density at radius 3 is 2.17 bits per heavy atom. The minimum atomic E-state index is -1.34. The minimum Gasteiger partial charge on any atom is -0.480 e. The number of carbonyl (C=O) groups is 4. The van der Waals surface area contributed by atoms with Gasteiger partial charge in [0, 0.05) is 18.9 Å². The molecule has 1 aliphatic rings. The molecule has 0 saturated heterocycles. The maximum atomic E-state index is 13.0. The lowest BCUT2D eigenvalue weighted by Gasteiger charge is -2.29. The van der Waals surface area contributed by atoms with Gasteiger partial charge in [0.2, 0.25) is 11.8 Å². The Balaban J connectivity index is 1.89. The number of carbonyl (C=O) groups excluding carboxylic acids is 3. The summed E-state index contributed by atoms with van der Waals surface area (Å²) in [4.78, 5) is 49.0. The number of ether oxygens (including phenoxy) is 1. The Kier molecular flexibility index (Phi) is 10.7. The Hall–Kier alpha value is -3.14. The first-order valence-electron chi connectivity index (χ1n) is 12.4. The summed E-state index contributed by atoms with van der Waals surface area (Å²) >= 11 is 0. The van der Waals surface area contributed by atoms with Gasteiger partial charge in [0.15, 0.2) is 6.04 Å². The van der Waals surface area contributed by atoms with Crippen LogP contribution in [0, 0.1) is 11.8 Å². The lowest BCUT2D eigenvalue weighted by Crippen LogP contribution is -2.51. The minimum absolute atomic E-state index is 0.156. The Bertz CT molecular complexity index is 891. The first-order valence-corrected chi connectivity index (χ1v) is 12.4. The summed E-state index contributed by atoms with van der Waals surface area (Å²) in [5.41, 5.74) is 0.208. The molecule has 5 N–H and O–H groups in total. The third kappa shape index (κ3) is 9.85. The zero-order chi connectivity index (χ0) is 26.9. The van der Waals surface area contributed by atoms with Crippen LogP contribution in [0.5, 0.6) is 0 Å². The highest BCUT2D eigenvalue weighted by molar-refractivity contribution is 5.86. The van der Waals surface area contributed by atoms with Crippen molar-refractivity contribution in [1.29, 1.82) is 0 Å². The number of aliphatic hydroxyl groups excluding tert-OH is 1. The van der Waals surface area contributed by atoms with E-state index in [4.69, 9.17) is 9.84 Å². The maximum absolute atomic E-state index is 13.0. The number of hydrogen-bond donors (Lipinski definition) is 5. The molecule has 200 valence electrons. The lowest BCUT2D eigenvalue weighted by molar-refractivity contribution is -0.145. The van der Waals surface area contributed by atoms with E-state index < -0.39 is 35.9 Å². The van der Waals surface area contributed by atoms with E-state index in [-0.39, 0.29) is 23.7 Å². The molecular formula is C26H39N3O7. The predicted molar refractivity (Wildman–Crippen MR) is 133 cm³/mol. The number of benzene rings is 1. The normalized spacial score (nSPS) is 20.4. The van der Waals surface area contributed by atoms with Gasteiger partial charge in [-0.1, -0.05) is 30.3 Å². The maximum Gasteiger partial charge on any atom is 0.408 e. The third-order valence-corrected chi connectivity index (χ3v) is 6.12. The average molecular weight is 506 g/mol. The molecule has 1 aromatic carbocycles. The molecule has 0 aromatic heterocycles. The van der Waals surface area contributed by atoms with E-state index in [0.717, 1.165) is 5.56 Å². The largest absolute Gasteiger partial charge is 0.480 e. The highest BCUT2D eigenvalue weighted by Crippen LogP contribution is 2.28. The van der Waals surface area contributed by atoms with Crippen molar-refractivity contribution in [3.63, 3.8) is 0 Å². The summed E-state index contributed by atoms with van der Waals surface area (Å²) in [6.45, 7) is 6.98. The van der Waals surface area contributed by atoms with E-state index in [0.29, 0.717) is 38.6 Å². The highest BCUT2D eigenvalue weighted by atomic mass is 16.6. The van der Waals surface area contributed by atoms with Crippen molar-refractivity contribution in [3.8, 4) is 0 Å². The molecule has 0 bridgehead atoms. The number of aliphatic carboxylic acids is 1. The van der Waals surface area contributed by atoms with Crippen molar-refractivity contribution in [2.24, 2.45) is 11.8 Å². The molecule has 10 heteroatoms. The van der Waals surface area contributed by atoms with Crippen LogP contribution in [0.2, 0.25) is 0 Å². The number of rotatable bonds is 10. The van der Waals surface area contributed by atoms with Crippen molar-refractivity contribution < 1.29 is 34.1 Å². The van der Waals surface area contributed by atoms with Crippen LogP contribution in [0.25, 0.3) is 0 Å². The van der Waals surface area contributed by atoms with Crippen LogP contribution in [-0.2, 0) is 25.5 Å². The van der Waals surface area contributed by atoms with Crippen LogP contribution in [0.3, 0.4) is 0 Å². The molecule has 3 atom stereocenters. The van der Waals surface area contributed by atoms with Gasteiger partial charge in [-0.2, -0.15) is 0 Å². The third-order valence-electron chi connectivity index (χ3n) is 6.12. The number of amides is 3. The van der Waals surface area contributed by atoms with Crippen LogP contribution in [0.15, 0.2) is 30.3 Å². The number of aliphatic hydroxyl groups is 1. The van der Waals surface area contributed by atoms with Gasteiger partial charge in [-0.05, 0) is 64.9 Å². The average Bonchev–Trinajstić information content (AvgIpc) is 2.79. The van der Waals surface area contributed by atoms with Crippen LogP contribution in [-0.4, -0.2) is 64.4 Å². The standard InChI is InChI=1S/C26H39N3O7/c1-16(30)21(24(33)34)29-22(31)19-12-10-18(11-13-19)15-27-23(32)20(14-17-8-6-5-7-9-17)28-25(35)36-26(2,3)4/h5-9,16,18-21,30H,10-15H2,1-4H3,(H,27,32)(H,28,35)(H,29,31)(H,33,34)/t16-,18?,19?,20+,21-/m1/s1. The van der Waals surface area contributed by atoms with Crippen molar-refractivity contribution in [2.45, 2.75) is 83.6 Å². The quantitative estimate of drug-likeness (QED) is 0.326. The van der Waals surface area contributed by atoms with Crippen LogP contribution >= 0.6 is 0 Å². The van der Waals surface area contributed by atoms with E-state index in [1.807, 2.05) is 30.3 Å². The van der Waals surface area contributed by atoms with Gasteiger partial charge in [0.1, 0.15) is 11.6 Å². The molecule has 10 nitrogen and oxygen atoms in total. The van der Waals surface area contributed by atoms with Crippen LogP contribution < -0.4 is 16.0 Å². The molecule has 0 spiro atoms. The second kappa shape index (κ2) is 13.2. The first kappa shape index (κ1) is 29.1. The Morgan fingerprint density at radius 2 is 1.64 bits per heavy atom. The zero-order valence-electron chi connectivity index (χ0n) is 21.5. The van der Waals surface area contributed by atoms with E-state index in [1.165, 1.54) is 6.92 Å². The molecule has 1 aliphatic carbocycles. The molecule has 0 aliphatic heterocycles. The first-order chi connectivity index (χ1) is 16.9. The topological polar surface area (TPSA) is 154 Å². The number of carboxylic acid groups (broad SMARTS) is 1. The summed E-state index contributed by atoms with van der Waals surface area (Å²) in [5, 5.41) is 26.7. The van der Waals surface area contributed by atoms with Gasteiger partial charge in [0.25, 0.3) is 0 Å². The van der Waals surface area contributed by atoms with Crippen molar-refractivity contribution in [3.05, 3.63) is 35.9 Å². The van der Waals surface area contributed by atoms with E-state index in [9.17, 15) is 24.3 Å². The number of carboxylic acids is 1. The molecule has 36 heavy (non-hydrogen) atoms. The molecule has 0 heterocycles. The molecule has 1 fully saturated rings. The second-order valence-electron chi connectivity index (χ2n) is 10.4. The predicted octanol–water partition coefficient (Wildman–Crippen LogP) is 2.00. The van der Waals surface area contributed by atoms with E-state index in [1.54, 1.807) is 20.8 Å². The van der Waals surface area contributed by atoms with E-state index >= 15 is 0 Å². The summed E-state index contributed by atoms with van der Waals surface area (Å²) in [6.07, 6.45) is 0.941. The van der Waals surface area contributed by atoms with Crippen LogP contribution in [0.1, 0.15) is 58.9 Å². The Morgan fingerprint density at radius 1 is 1.03 bits per heavy atom. The molecule has 0 radical (unpaired) electrons. The fourth-order valence-corrected chi connectivity index (χ4v) is 4.17. The van der Waals surface area contributed by atoms with Crippen molar-refractivity contribution >= 4 is 23.9 Å². The smallest absolute Gasteiger partial charge is 0.408 e. The number of nitrogens with one attached hydrogen (secondary N) is 3. The van der Waals surface area contributed by atoms with Gasteiger partial charge >= 0.3 is 12.1 Å². The summed E-state index contributed by atoms with van der Waals surface area (Å²) in [6, 6.07) is 7.23. The van der Waals surface area contributed by atoms with Gasteiger partial charge < -0.3 is 30.9 Å². The van der Waals surface area contributed by atoms with Gasteiger partial charge in [0.05, 0.1) is 6.10 Å². The molecular weight excluding hydrogens is 466 g/mol. The van der Waals surface area contributed by atoms with E-state index in [2.05, 4.69) is 16.0 Å². The zero-order valence-corrected chi connectivity index (χ0v) is 21.5. The van der Waals surface area contributed by atoms with Crippen molar-refractivity contribution in [2.75, 3.05) is 6.54 Å². The summed E-state index contributed by atoms with van der Waals surface area (Å²) < 4.78 is 5.32. The van der Waals surface area contributed by atoms with Gasteiger partial charge in [-0.15, -0.1) is 0 Å². The highest BCUT2D eigenvalue weighted by Gasteiger charge is 2.32. The summed E-state index contributed by atoms with van der Waals surface area (Å²) in [7, 11) is 0. The van der Waals surface area contributed by atoms with Gasteiger partial charge in [-0.3, -0.25) is 9.59 Å². The monoisotopic (exact) mass is 505 g/mol. The summed E-state index contributed by atoms with van der Waals surface area (Å²) in [5.74, 6) is -2.15. The fraction of sp³-hybridized carbons (Fsp3) is 0.615. The molecule has 3 amide bonds. The molecule has 0 unspecified atom stereocenters. The number of alkyl carbamates (subject to hydrolysis) is 1. The van der Waals surface area contributed by atoms with Crippen LogP contribution in [0.4, 0.5) is 4.79 Å². The molecule has 2 rings (SSSR count). The SMILES string of the molecule is C[C@@H](O)[C@@H](NC(=O)C1CCC(CNC(=O)[C@H](Cc2ccccc2)NC(=O)OC(C)(C)C)CC1)C(=O)O. The fourth-order valence-electron chi connectivity index (χ4n) is 4.17.